The van der Waals surface area contributed by atoms with Crippen LogP contribution in [0.2, 0.25) is 5.15 Å². The number of fused-ring (bicyclic) bond motifs is 1. The summed E-state index contributed by atoms with van der Waals surface area (Å²) in [6.07, 6.45) is 4.26. The number of hydrogen-bond acceptors (Lipinski definition) is 3. The number of hydrogen-bond donors (Lipinski definition) is 0. The Kier molecular flexibility index (Phi) is 6.03. The fraction of sp³-hybridized carbons (Fsp3) is 0.571. The predicted octanol–water partition coefficient (Wildman–Crippen LogP) is 5.58. The van der Waals surface area contributed by atoms with E-state index in [1.807, 2.05) is 27.7 Å². The predicted molar refractivity (Wildman–Crippen MR) is 81.8 cm³/mol. The summed E-state index contributed by atoms with van der Waals surface area (Å²) in [6, 6.07) is 0. The molecule has 0 bridgehead atoms. The molecule has 0 aliphatic heterocycles. The highest BCUT2D eigenvalue weighted by Gasteiger charge is 2.28. The Bertz CT molecular complexity index is 504. The minimum atomic E-state index is 0.487. The van der Waals surface area contributed by atoms with Crippen molar-refractivity contribution < 1.29 is 0 Å². The summed E-state index contributed by atoms with van der Waals surface area (Å²) in [5.41, 5.74) is 2.27. The fourth-order valence-corrected chi connectivity index (χ4v) is 3.10. The molecule has 4 heteroatoms. The van der Waals surface area contributed by atoms with Gasteiger partial charge in [-0.1, -0.05) is 39.3 Å². The van der Waals surface area contributed by atoms with Gasteiger partial charge < -0.3 is 0 Å². The molecule has 0 saturated heterocycles. The summed E-state index contributed by atoms with van der Waals surface area (Å²) in [5, 5.41) is 0.487. The maximum Gasteiger partial charge on any atom is 0.148 e. The van der Waals surface area contributed by atoms with Gasteiger partial charge in [-0.2, -0.15) is 0 Å². The Morgan fingerprint density at radius 2 is 1.83 bits per heavy atom. The summed E-state index contributed by atoms with van der Waals surface area (Å²) in [6.45, 7) is 10.1. The van der Waals surface area contributed by atoms with Crippen molar-refractivity contribution in [3.63, 3.8) is 0 Å². The number of rotatable bonds is 1. The molecule has 0 aromatic carbocycles. The molecule has 0 unspecified atom stereocenters. The number of nitrogens with zero attached hydrogens (tertiary/aromatic N) is 2. The molecule has 0 radical (unpaired) electrons. The molecule has 18 heavy (non-hydrogen) atoms. The minimum absolute atomic E-state index is 0.487. The van der Waals surface area contributed by atoms with Gasteiger partial charge in [-0.05, 0) is 31.2 Å². The second-order valence-electron chi connectivity index (χ2n) is 3.71. The Labute approximate surface area is 118 Å². The Balaban J connectivity index is 0.000000371. The van der Waals surface area contributed by atoms with Crippen molar-refractivity contribution in [3.05, 3.63) is 21.8 Å². The molecule has 2 heterocycles. The summed E-state index contributed by atoms with van der Waals surface area (Å²) in [5.74, 6) is 0.773. The first-order valence-corrected chi connectivity index (χ1v) is 7.86. The maximum absolute atomic E-state index is 5.83. The minimum Gasteiger partial charge on any atom is -0.240 e. The number of thiophene rings is 1. The lowest BCUT2D eigenvalue weighted by molar-refractivity contribution is 1.15. The summed E-state index contributed by atoms with van der Waals surface area (Å²) in [4.78, 5) is 11.1. The molecule has 0 N–H and O–H groups in total. The molecule has 1 aliphatic rings. The lowest BCUT2D eigenvalue weighted by atomic mass is 10.2. The van der Waals surface area contributed by atoms with Crippen molar-refractivity contribution >= 4 is 33.3 Å². The van der Waals surface area contributed by atoms with Crippen LogP contribution in [0.25, 0.3) is 10.3 Å². The molecule has 0 spiro atoms. The third-order valence-electron chi connectivity index (χ3n) is 2.59. The highest BCUT2D eigenvalue weighted by molar-refractivity contribution is 7.18. The van der Waals surface area contributed by atoms with Crippen LogP contribution in [0.15, 0.2) is 6.20 Å². The molecular weight excluding hydrogens is 264 g/mol. The second kappa shape index (κ2) is 7.05. The zero-order valence-electron chi connectivity index (χ0n) is 11.7. The first-order valence-electron chi connectivity index (χ1n) is 6.67. The second-order valence-corrected chi connectivity index (χ2v) is 5.13. The molecule has 100 valence electrons. The maximum atomic E-state index is 5.83. The van der Waals surface area contributed by atoms with Gasteiger partial charge in [-0.25, -0.2) is 9.97 Å². The van der Waals surface area contributed by atoms with E-state index in [0.29, 0.717) is 5.15 Å². The van der Waals surface area contributed by atoms with E-state index >= 15 is 0 Å². The van der Waals surface area contributed by atoms with Gasteiger partial charge >= 0.3 is 0 Å². The summed E-state index contributed by atoms with van der Waals surface area (Å²) >= 11 is 7.60. The fourth-order valence-electron chi connectivity index (χ4n) is 1.71. The van der Waals surface area contributed by atoms with E-state index in [0.717, 1.165) is 16.3 Å². The number of aryl methyl sites for hydroxylation is 1. The van der Waals surface area contributed by atoms with Crippen LogP contribution >= 0.6 is 22.9 Å². The standard InChI is InChI=1S/C10H9ClN2S.2C2H6/c1-5-8-10(12-4-7(11)13-8)14-9(5)6-2-3-6;2*1-2/h4,6H,2-3H2,1H3;2*1-2H3. The van der Waals surface area contributed by atoms with Crippen LogP contribution in [0.3, 0.4) is 0 Å². The number of aromatic nitrogens is 2. The van der Waals surface area contributed by atoms with Crippen molar-refractivity contribution in [2.75, 3.05) is 0 Å². The molecule has 3 rings (SSSR count). The van der Waals surface area contributed by atoms with Crippen LogP contribution in [-0.2, 0) is 0 Å². The van der Waals surface area contributed by atoms with Gasteiger partial charge in [-0.15, -0.1) is 11.3 Å². The molecule has 0 amide bonds. The zero-order valence-corrected chi connectivity index (χ0v) is 13.3. The van der Waals surface area contributed by atoms with Crippen molar-refractivity contribution in [3.8, 4) is 0 Å². The van der Waals surface area contributed by atoms with Gasteiger partial charge in [0.1, 0.15) is 15.5 Å². The molecule has 1 saturated carbocycles. The molecule has 2 aromatic heterocycles. The van der Waals surface area contributed by atoms with Gasteiger partial charge in [0, 0.05) is 4.88 Å². The topological polar surface area (TPSA) is 25.8 Å². The van der Waals surface area contributed by atoms with Crippen molar-refractivity contribution in [1.82, 2.24) is 9.97 Å². The van der Waals surface area contributed by atoms with E-state index in [1.165, 1.54) is 23.3 Å². The zero-order chi connectivity index (χ0) is 13.7. The number of halogens is 1. The Morgan fingerprint density at radius 3 is 2.39 bits per heavy atom. The largest absolute Gasteiger partial charge is 0.240 e. The van der Waals surface area contributed by atoms with Crippen molar-refractivity contribution in [1.29, 1.82) is 0 Å². The van der Waals surface area contributed by atoms with E-state index < -0.39 is 0 Å². The summed E-state index contributed by atoms with van der Waals surface area (Å²) < 4.78 is 0. The van der Waals surface area contributed by atoms with Crippen LogP contribution in [0.1, 0.15) is 56.9 Å². The smallest absolute Gasteiger partial charge is 0.148 e. The molecule has 2 nitrogen and oxygen atoms in total. The lowest BCUT2D eigenvalue weighted by Crippen LogP contribution is -1.81. The highest BCUT2D eigenvalue weighted by atomic mass is 35.5. The van der Waals surface area contributed by atoms with Crippen LogP contribution in [0.5, 0.6) is 0 Å². The quantitative estimate of drug-likeness (QED) is 0.683. The first-order chi connectivity index (χ1) is 8.75. The molecule has 2 aromatic rings. The molecule has 0 atom stereocenters. The van der Waals surface area contributed by atoms with E-state index in [2.05, 4.69) is 16.9 Å². The van der Waals surface area contributed by atoms with Gasteiger partial charge in [0.25, 0.3) is 0 Å². The first kappa shape index (κ1) is 15.4. The molecule has 1 fully saturated rings. The monoisotopic (exact) mass is 284 g/mol. The van der Waals surface area contributed by atoms with E-state index in [-0.39, 0.29) is 0 Å². The molecular formula is C14H21ClN2S. The summed E-state index contributed by atoms with van der Waals surface area (Å²) in [7, 11) is 0. The van der Waals surface area contributed by atoms with Crippen molar-refractivity contribution in [2.45, 2.75) is 53.4 Å². The third-order valence-corrected chi connectivity index (χ3v) is 4.12. The Morgan fingerprint density at radius 1 is 1.22 bits per heavy atom. The van der Waals surface area contributed by atoms with Crippen LogP contribution in [0.4, 0.5) is 0 Å². The van der Waals surface area contributed by atoms with Crippen LogP contribution in [0, 0.1) is 6.92 Å². The molecule has 1 aliphatic carbocycles. The normalized spacial score (nSPS) is 13.4. The lowest BCUT2D eigenvalue weighted by Gasteiger charge is -1.93. The van der Waals surface area contributed by atoms with Crippen LogP contribution < -0.4 is 0 Å². The van der Waals surface area contributed by atoms with Crippen molar-refractivity contribution in [2.24, 2.45) is 0 Å². The van der Waals surface area contributed by atoms with E-state index in [4.69, 9.17) is 11.6 Å². The van der Waals surface area contributed by atoms with Crippen LogP contribution in [-0.4, -0.2) is 9.97 Å². The Hall–Kier alpha value is -0.670. The SMILES string of the molecule is CC.CC.Cc1c(C2CC2)sc2ncc(Cl)nc12. The van der Waals surface area contributed by atoms with E-state index in [9.17, 15) is 0 Å². The highest BCUT2D eigenvalue weighted by Crippen LogP contribution is 2.46. The van der Waals surface area contributed by atoms with Gasteiger partial charge in [0.05, 0.1) is 6.20 Å². The van der Waals surface area contributed by atoms with Gasteiger partial charge in [-0.3, -0.25) is 0 Å². The van der Waals surface area contributed by atoms with E-state index in [1.54, 1.807) is 17.5 Å². The average Bonchev–Trinajstić information content (AvgIpc) is 3.21. The third kappa shape index (κ3) is 3.21. The van der Waals surface area contributed by atoms with Gasteiger partial charge in [0.15, 0.2) is 0 Å². The van der Waals surface area contributed by atoms with Gasteiger partial charge in [0.2, 0.25) is 0 Å². The average molecular weight is 285 g/mol.